The molecule has 0 spiro atoms. The molecular formula is C30H56BN2O3. The molecule has 6 heteroatoms. The van der Waals surface area contributed by atoms with Crippen molar-refractivity contribution in [2.24, 2.45) is 5.92 Å². The van der Waals surface area contributed by atoms with Crippen LogP contribution in [0.4, 0.5) is 4.79 Å². The Hall–Kier alpha value is -0.845. The normalized spacial score (nSPS) is 26.4. The highest BCUT2D eigenvalue weighted by molar-refractivity contribution is 6.68. The third kappa shape index (κ3) is 10.5. The molecule has 0 aromatic rings. The molecule has 1 aliphatic heterocycles. The molecule has 1 saturated heterocycles. The summed E-state index contributed by atoms with van der Waals surface area (Å²) in [5.74, 6) is 0.391. The van der Waals surface area contributed by atoms with Crippen molar-refractivity contribution in [3.8, 4) is 0 Å². The smallest absolute Gasteiger partial charge is 0.407 e. The van der Waals surface area contributed by atoms with Crippen molar-refractivity contribution in [1.29, 1.82) is 0 Å². The van der Waals surface area contributed by atoms with Gasteiger partial charge in [0.1, 0.15) is 0 Å². The van der Waals surface area contributed by atoms with E-state index in [2.05, 4.69) is 38.0 Å². The van der Waals surface area contributed by atoms with Crippen LogP contribution in [0.15, 0.2) is 12.2 Å². The van der Waals surface area contributed by atoms with Gasteiger partial charge in [-0.25, -0.2) is 0 Å². The molecule has 5 nitrogen and oxygen atoms in total. The lowest BCUT2D eigenvalue weighted by molar-refractivity contribution is 0.173. The van der Waals surface area contributed by atoms with E-state index in [-0.39, 0.29) is 23.5 Å². The van der Waals surface area contributed by atoms with Crippen LogP contribution >= 0.6 is 0 Å². The Kier molecular flexibility index (Phi) is 15.4. The minimum Gasteiger partial charge on any atom is -0.427 e. The quantitative estimate of drug-likeness (QED) is 0.113. The number of hydrogen-bond donors (Lipinski definition) is 3. The van der Waals surface area contributed by atoms with Crippen LogP contribution < -0.4 is 10.6 Å². The first-order valence-corrected chi connectivity index (χ1v) is 15.3. The molecule has 4 unspecified atom stereocenters. The summed E-state index contributed by atoms with van der Waals surface area (Å²) in [7, 11) is 1.39. The standard InChI is InChI=1S/C30H56BN2O3/c1-5-7-8-10-13-19-25(18-6-2)30(4)24(3)28(34)27(33-30)22-16-17-23-32-29(35)31-36-26-20-14-11-9-12-15-21-26/h25-28,33-34H,3,5-23H2,1-2,4H3,(H,32,35). The van der Waals surface area contributed by atoms with E-state index < -0.39 is 6.10 Å². The molecule has 1 radical (unpaired) electrons. The largest absolute Gasteiger partial charge is 0.427 e. The zero-order valence-corrected chi connectivity index (χ0v) is 23.8. The number of aliphatic hydroxyl groups is 1. The molecular weight excluding hydrogens is 447 g/mol. The van der Waals surface area contributed by atoms with Gasteiger partial charge in [-0.3, -0.25) is 4.79 Å². The second-order valence-corrected chi connectivity index (χ2v) is 11.6. The van der Waals surface area contributed by atoms with Crippen LogP contribution in [0.2, 0.25) is 0 Å². The lowest BCUT2D eigenvalue weighted by Crippen LogP contribution is -2.47. The van der Waals surface area contributed by atoms with E-state index in [1.54, 1.807) is 0 Å². The Bertz CT molecular complexity index is 623. The Labute approximate surface area is 223 Å². The molecule has 1 saturated carbocycles. The Morgan fingerprint density at radius 2 is 1.75 bits per heavy atom. The molecule has 0 bridgehead atoms. The molecule has 1 amide bonds. The molecule has 2 rings (SSSR count). The highest BCUT2D eigenvalue weighted by Gasteiger charge is 2.47. The minimum atomic E-state index is -0.491. The van der Waals surface area contributed by atoms with Gasteiger partial charge in [-0.05, 0) is 56.9 Å². The zero-order chi connectivity index (χ0) is 26.2. The second kappa shape index (κ2) is 17.6. The Balaban J connectivity index is 1.68. The van der Waals surface area contributed by atoms with Crippen LogP contribution in [0.5, 0.6) is 0 Å². The van der Waals surface area contributed by atoms with Crippen molar-refractivity contribution in [3.05, 3.63) is 12.2 Å². The molecule has 2 fully saturated rings. The van der Waals surface area contributed by atoms with Crippen molar-refractivity contribution in [1.82, 2.24) is 10.6 Å². The SMILES string of the molecule is C=C1C(O)C(CCCCNC(=O)[B]OC2CCCCCCC2)NC1(C)C(CCC)CCCCCCC. The number of hydrogen-bond acceptors (Lipinski definition) is 4. The number of carbonyl (C=O) groups excluding carboxylic acids is 1. The summed E-state index contributed by atoms with van der Waals surface area (Å²) < 4.78 is 5.77. The van der Waals surface area contributed by atoms with Gasteiger partial charge in [0.15, 0.2) is 0 Å². The molecule has 36 heavy (non-hydrogen) atoms. The van der Waals surface area contributed by atoms with E-state index >= 15 is 0 Å². The Morgan fingerprint density at radius 1 is 1.06 bits per heavy atom. The number of carbonyl (C=O) groups is 1. The van der Waals surface area contributed by atoms with Crippen LogP contribution in [0.1, 0.15) is 136 Å². The van der Waals surface area contributed by atoms with Crippen molar-refractivity contribution >= 4 is 13.3 Å². The van der Waals surface area contributed by atoms with Gasteiger partial charge in [-0.1, -0.05) is 97.5 Å². The molecule has 4 atom stereocenters. The van der Waals surface area contributed by atoms with Gasteiger partial charge in [0.05, 0.1) is 6.10 Å². The van der Waals surface area contributed by atoms with Crippen LogP contribution in [0, 0.1) is 5.92 Å². The van der Waals surface area contributed by atoms with Gasteiger partial charge < -0.3 is 20.4 Å². The lowest BCUT2D eigenvalue weighted by atomic mass is 9.75. The molecule has 207 valence electrons. The monoisotopic (exact) mass is 503 g/mol. The maximum Gasteiger partial charge on any atom is 0.407 e. The molecule has 3 N–H and O–H groups in total. The fourth-order valence-corrected chi connectivity index (χ4v) is 6.24. The van der Waals surface area contributed by atoms with Gasteiger partial charge in [-0.2, -0.15) is 0 Å². The summed E-state index contributed by atoms with van der Waals surface area (Å²) in [4.78, 5) is 12.2. The van der Waals surface area contributed by atoms with Crippen LogP contribution in [-0.4, -0.2) is 48.7 Å². The van der Waals surface area contributed by atoms with Crippen LogP contribution in [0.3, 0.4) is 0 Å². The van der Waals surface area contributed by atoms with Gasteiger partial charge in [0, 0.05) is 24.2 Å². The summed E-state index contributed by atoms with van der Waals surface area (Å²) in [5.41, 5.74) is 0.774. The fourth-order valence-electron chi connectivity index (χ4n) is 6.24. The van der Waals surface area contributed by atoms with E-state index in [0.29, 0.717) is 12.5 Å². The summed E-state index contributed by atoms with van der Waals surface area (Å²) in [5, 5.41) is 17.7. The Morgan fingerprint density at radius 3 is 2.44 bits per heavy atom. The van der Waals surface area contributed by atoms with Crippen molar-refractivity contribution in [2.45, 2.75) is 160 Å². The van der Waals surface area contributed by atoms with Crippen molar-refractivity contribution < 1.29 is 14.6 Å². The van der Waals surface area contributed by atoms with E-state index in [0.717, 1.165) is 44.1 Å². The first kappa shape index (κ1) is 31.4. The first-order chi connectivity index (χ1) is 17.4. The minimum absolute atomic E-state index is 0.0480. The lowest BCUT2D eigenvalue weighted by Gasteiger charge is -2.36. The number of amides is 1. The van der Waals surface area contributed by atoms with E-state index in [9.17, 15) is 9.90 Å². The first-order valence-electron chi connectivity index (χ1n) is 15.3. The van der Waals surface area contributed by atoms with Crippen molar-refractivity contribution in [2.75, 3.05) is 6.54 Å². The third-order valence-electron chi connectivity index (χ3n) is 8.66. The van der Waals surface area contributed by atoms with E-state index in [1.165, 1.54) is 84.5 Å². The summed E-state index contributed by atoms with van der Waals surface area (Å²) in [6.07, 6.45) is 20.9. The molecule has 1 aliphatic carbocycles. The summed E-state index contributed by atoms with van der Waals surface area (Å²) >= 11 is 0. The van der Waals surface area contributed by atoms with E-state index in [4.69, 9.17) is 4.65 Å². The number of nitrogens with one attached hydrogen (secondary N) is 2. The molecule has 1 heterocycles. The van der Waals surface area contributed by atoms with Gasteiger partial charge >= 0.3 is 7.48 Å². The predicted octanol–water partition coefficient (Wildman–Crippen LogP) is 7.04. The van der Waals surface area contributed by atoms with Crippen LogP contribution in [-0.2, 0) is 4.65 Å². The molecule has 2 aliphatic rings. The zero-order valence-electron chi connectivity index (χ0n) is 23.8. The van der Waals surface area contributed by atoms with Gasteiger partial charge in [-0.15, -0.1) is 0 Å². The number of unbranched alkanes of at least 4 members (excludes halogenated alkanes) is 5. The average Bonchev–Trinajstić information content (AvgIpc) is 3.06. The molecule has 0 aromatic heterocycles. The van der Waals surface area contributed by atoms with Gasteiger partial charge in [0.25, 0.3) is 0 Å². The molecule has 0 aromatic carbocycles. The average molecular weight is 504 g/mol. The maximum atomic E-state index is 12.2. The maximum absolute atomic E-state index is 12.2. The van der Waals surface area contributed by atoms with E-state index in [1.807, 2.05) is 0 Å². The number of rotatable bonds is 17. The number of aliphatic hydroxyl groups excluding tert-OH is 1. The summed E-state index contributed by atoms with van der Waals surface area (Å²) in [6, 6.07) is 0.0480. The second-order valence-electron chi connectivity index (χ2n) is 11.6. The van der Waals surface area contributed by atoms with Crippen molar-refractivity contribution in [3.63, 3.8) is 0 Å². The highest BCUT2D eigenvalue weighted by atomic mass is 16.4. The topological polar surface area (TPSA) is 70.6 Å². The summed E-state index contributed by atoms with van der Waals surface area (Å²) in [6.45, 7) is 11.8. The van der Waals surface area contributed by atoms with Crippen LogP contribution in [0.25, 0.3) is 0 Å². The predicted molar refractivity (Wildman–Crippen MR) is 152 cm³/mol. The third-order valence-corrected chi connectivity index (χ3v) is 8.66. The van der Waals surface area contributed by atoms with Gasteiger partial charge in [0.2, 0.25) is 5.81 Å². The highest BCUT2D eigenvalue weighted by Crippen LogP contribution is 2.40. The fraction of sp³-hybridized carbons (Fsp3) is 0.900.